The molecule has 10 heavy (non-hydrogen) atoms. The Morgan fingerprint density at radius 1 is 1.60 bits per heavy atom. The zero-order chi connectivity index (χ0) is 7.23. The normalized spacial score (nSPS) is 18.4. The second-order valence-electron chi connectivity index (χ2n) is 2.62. The quantitative estimate of drug-likeness (QED) is 0.454. The molecule has 0 aromatic carbocycles. The molecule has 0 atom stereocenters. The predicted octanol–water partition coefficient (Wildman–Crippen LogP) is 0.941. The summed E-state index contributed by atoms with van der Waals surface area (Å²) in [5, 5.41) is 3.38. The van der Waals surface area contributed by atoms with Gasteiger partial charge in [0.15, 0.2) is 0 Å². The summed E-state index contributed by atoms with van der Waals surface area (Å²) in [6.45, 7) is 6.55. The highest BCUT2D eigenvalue weighted by Gasteiger charge is 2.15. The van der Waals surface area contributed by atoms with Crippen LogP contribution in [-0.2, 0) is 4.74 Å². The lowest BCUT2D eigenvalue weighted by Crippen LogP contribution is -2.46. The lowest BCUT2D eigenvalue weighted by molar-refractivity contribution is -0.00488. The second kappa shape index (κ2) is 4.47. The van der Waals surface area contributed by atoms with Gasteiger partial charge in [-0.2, -0.15) is 0 Å². The molecular formula is C8H15NO. The van der Waals surface area contributed by atoms with Gasteiger partial charge >= 0.3 is 0 Å². The SMILES string of the molecule is C=CCCCNC1COC1. The zero-order valence-electron chi connectivity index (χ0n) is 6.31. The molecule has 1 fully saturated rings. The highest BCUT2D eigenvalue weighted by Crippen LogP contribution is 1.99. The lowest BCUT2D eigenvalue weighted by atomic mass is 10.2. The first-order chi connectivity index (χ1) is 4.93. The third-order valence-electron chi connectivity index (χ3n) is 1.66. The largest absolute Gasteiger partial charge is 0.378 e. The number of unbranched alkanes of at least 4 members (excludes halogenated alkanes) is 1. The van der Waals surface area contributed by atoms with Gasteiger partial charge in [-0.05, 0) is 19.4 Å². The van der Waals surface area contributed by atoms with Gasteiger partial charge in [0.1, 0.15) is 0 Å². The molecule has 1 rings (SSSR count). The minimum atomic E-state index is 0.629. The Hall–Kier alpha value is -0.340. The van der Waals surface area contributed by atoms with Gasteiger partial charge in [0, 0.05) is 0 Å². The van der Waals surface area contributed by atoms with Crippen LogP contribution in [0.5, 0.6) is 0 Å². The molecule has 58 valence electrons. The van der Waals surface area contributed by atoms with E-state index in [2.05, 4.69) is 11.9 Å². The molecule has 0 saturated carbocycles. The van der Waals surface area contributed by atoms with Crippen LogP contribution in [0.15, 0.2) is 12.7 Å². The molecule has 1 saturated heterocycles. The average Bonchev–Trinajstić information content (AvgIpc) is 1.84. The van der Waals surface area contributed by atoms with E-state index in [0.29, 0.717) is 6.04 Å². The summed E-state index contributed by atoms with van der Waals surface area (Å²) >= 11 is 0. The molecule has 2 heteroatoms. The van der Waals surface area contributed by atoms with Crippen LogP contribution in [0.2, 0.25) is 0 Å². The molecule has 0 aromatic heterocycles. The van der Waals surface area contributed by atoms with E-state index in [1.807, 2.05) is 6.08 Å². The minimum absolute atomic E-state index is 0.629. The van der Waals surface area contributed by atoms with Crippen LogP contribution in [0.25, 0.3) is 0 Å². The van der Waals surface area contributed by atoms with Crippen molar-refractivity contribution in [3.05, 3.63) is 12.7 Å². The van der Waals surface area contributed by atoms with Gasteiger partial charge < -0.3 is 10.1 Å². The molecule has 1 N–H and O–H groups in total. The summed E-state index contributed by atoms with van der Waals surface area (Å²) in [6.07, 6.45) is 4.26. The maximum atomic E-state index is 5.01. The van der Waals surface area contributed by atoms with Crippen LogP contribution in [0.1, 0.15) is 12.8 Å². The fourth-order valence-corrected chi connectivity index (χ4v) is 0.906. The average molecular weight is 141 g/mol. The summed E-state index contributed by atoms with van der Waals surface area (Å²) < 4.78 is 5.01. The van der Waals surface area contributed by atoms with E-state index < -0.39 is 0 Å². The van der Waals surface area contributed by atoms with Gasteiger partial charge in [0.2, 0.25) is 0 Å². The van der Waals surface area contributed by atoms with E-state index >= 15 is 0 Å². The first-order valence-corrected chi connectivity index (χ1v) is 3.85. The van der Waals surface area contributed by atoms with E-state index in [0.717, 1.165) is 26.2 Å². The van der Waals surface area contributed by atoms with E-state index in [1.54, 1.807) is 0 Å². The smallest absolute Gasteiger partial charge is 0.0643 e. The van der Waals surface area contributed by atoms with Gasteiger partial charge in [-0.3, -0.25) is 0 Å². The fourth-order valence-electron chi connectivity index (χ4n) is 0.906. The van der Waals surface area contributed by atoms with Crippen molar-refractivity contribution in [2.24, 2.45) is 0 Å². The van der Waals surface area contributed by atoms with Crippen molar-refractivity contribution in [1.29, 1.82) is 0 Å². The third kappa shape index (κ3) is 2.50. The maximum absolute atomic E-state index is 5.01. The first-order valence-electron chi connectivity index (χ1n) is 3.85. The van der Waals surface area contributed by atoms with Crippen molar-refractivity contribution in [3.8, 4) is 0 Å². The Morgan fingerprint density at radius 2 is 2.40 bits per heavy atom. The Kier molecular flexibility index (Phi) is 3.47. The van der Waals surface area contributed by atoms with E-state index in [9.17, 15) is 0 Å². The van der Waals surface area contributed by atoms with Gasteiger partial charge in [0.05, 0.1) is 19.3 Å². The number of allylic oxidation sites excluding steroid dienone is 1. The molecule has 0 aromatic rings. The van der Waals surface area contributed by atoms with Crippen LogP contribution in [0, 0.1) is 0 Å². The molecule has 0 bridgehead atoms. The molecule has 1 heterocycles. The Balaban J connectivity index is 1.80. The second-order valence-corrected chi connectivity index (χ2v) is 2.62. The number of rotatable bonds is 5. The number of nitrogens with one attached hydrogen (secondary N) is 1. The molecule has 0 unspecified atom stereocenters. The summed E-state index contributed by atoms with van der Waals surface area (Å²) in [6, 6.07) is 0.629. The van der Waals surface area contributed by atoms with Crippen molar-refractivity contribution in [1.82, 2.24) is 5.32 Å². The number of hydrogen-bond acceptors (Lipinski definition) is 2. The van der Waals surface area contributed by atoms with Crippen molar-refractivity contribution >= 4 is 0 Å². The van der Waals surface area contributed by atoms with Crippen molar-refractivity contribution < 1.29 is 4.74 Å². The summed E-state index contributed by atoms with van der Waals surface area (Å²) in [5.41, 5.74) is 0. The van der Waals surface area contributed by atoms with Gasteiger partial charge in [0.25, 0.3) is 0 Å². The molecule has 1 aliphatic heterocycles. The summed E-state index contributed by atoms with van der Waals surface area (Å²) in [7, 11) is 0. The number of hydrogen-bond donors (Lipinski definition) is 1. The van der Waals surface area contributed by atoms with Crippen LogP contribution in [-0.4, -0.2) is 25.8 Å². The van der Waals surface area contributed by atoms with Gasteiger partial charge in [-0.1, -0.05) is 6.08 Å². The zero-order valence-corrected chi connectivity index (χ0v) is 6.31. The Bertz CT molecular complexity index is 99.4. The van der Waals surface area contributed by atoms with Crippen LogP contribution in [0.4, 0.5) is 0 Å². The van der Waals surface area contributed by atoms with Crippen LogP contribution >= 0.6 is 0 Å². The van der Waals surface area contributed by atoms with Crippen molar-refractivity contribution in [2.75, 3.05) is 19.8 Å². The first kappa shape index (κ1) is 7.76. The Morgan fingerprint density at radius 3 is 2.90 bits per heavy atom. The minimum Gasteiger partial charge on any atom is -0.378 e. The van der Waals surface area contributed by atoms with Crippen molar-refractivity contribution in [2.45, 2.75) is 18.9 Å². The molecule has 0 radical (unpaired) electrons. The maximum Gasteiger partial charge on any atom is 0.0643 e. The Labute approximate surface area is 62.3 Å². The predicted molar refractivity (Wildman–Crippen MR) is 42.0 cm³/mol. The number of ether oxygens (including phenoxy) is 1. The van der Waals surface area contributed by atoms with E-state index in [-0.39, 0.29) is 0 Å². The summed E-state index contributed by atoms with van der Waals surface area (Å²) in [4.78, 5) is 0. The standard InChI is InChI=1S/C8H15NO/c1-2-3-4-5-9-8-6-10-7-8/h2,8-9H,1,3-7H2. The monoisotopic (exact) mass is 141 g/mol. The summed E-state index contributed by atoms with van der Waals surface area (Å²) in [5.74, 6) is 0. The third-order valence-corrected chi connectivity index (χ3v) is 1.66. The van der Waals surface area contributed by atoms with E-state index in [4.69, 9.17) is 4.74 Å². The highest BCUT2D eigenvalue weighted by atomic mass is 16.5. The fraction of sp³-hybridized carbons (Fsp3) is 0.750. The van der Waals surface area contributed by atoms with Crippen LogP contribution in [0.3, 0.4) is 0 Å². The van der Waals surface area contributed by atoms with Crippen molar-refractivity contribution in [3.63, 3.8) is 0 Å². The molecular weight excluding hydrogens is 126 g/mol. The van der Waals surface area contributed by atoms with Gasteiger partial charge in [-0.15, -0.1) is 6.58 Å². The highest BCUT2D eigenvalue weighted by molar-refractivity contribution is 4.73. The molecule has 0 aliphatic carbocycles. The molecule has 1 aliphatic rings. The van der Waals surface area contributed by atoms with Gasteiger partial charge in [-0.25, -0.2) is 0 Å². The molecule has 0 spiro atoms. The molecule has 2 nitrogen and oxygen atoms in total. The topological polar surface area (TPSA) is 21.3 Å². The molecule has 0 amide bonds. The lowest BCUT2D eigenvalue weighted by Gasteiger charge is -2.26. The van der Waals surface area contributed by atoms with E-state index in [1.165, 1.54) is 6.42 Å². The van der Waals surface area contributed by atoms with Crippen LogP contribution < -0.4 is 5.32 Å².